The SMILES string of the molecule is O=C(Nc1ccc2c(c1)nc1n2CCCCC1)C1CCCNC1. The summed E-state index contributed by atoms with van der Waals surface area (Å²) in [5.41, 5.74) is 3.06. The van der Waals surface area contributed by atoms with Crippen molar-refractivity contribution in [3.05, 3.63) is 24.0 Å². The molecule has 3 heterocycles. The van der Waals surface area contributed by atoms with Gasteiger partial charge in [-0.1, -0.05) is 6.42 Å². The van der Waals surface area contributed by atoms with Gasteiger partial charge in [0.25, 0.3) is 0 Å². The maximum absolute atomic E-state index is 12.4. The predicted molar refractivity (Wildman–Crippen MR) is 91.5 cm³/mol. The van der Waals surface area contributed by atoms with Crippen molar-refractivity contribution in [1.82, 2.24) is 14.9 Å². The summed E-state index contributed by atoms with van der Waals surface area (Å²) >= 11 is 0. The van der Waals surface area contributed by atoms with Crippen molar-refractivity contribution in [3.8, 4) is 0 Å². The van der Waals surface area contributed by atoms with E-state index in [0.717, 1.165) is 50.1 Å². The van der Waals surface area contributed by atoms with E-state index in [4.69, 9.17) is 4.98 Å². The number of fused-ring (bicyclic) bond motifs is 3. The van der Waals surface area contributed by atoms with Gasteiger partial charge in [-0.15, -0.1) is 0 Å². The lowest BCUT2D eigenvalue weighted by atomic mass is 9.99. The average Bonchev–Trinajstić information content (AvgIpc) is 2.76. The molecule has 122 valence electrons. The molecule has 1 aromatic heterocycles. The van der Waals surface area contributed by atoms with E-state index >= 15 is 0 Å². The van der Waals surface area contributed by atoms with Crippen molar-refractivity contribution >= 4 is 22.6 Å². The van der Waals surface area contributed by atoms with Gasteiger partial charge in [-0.25, -0.2) is 4.98 Å². The van der Waals surface area contributed by atoms with Gasteiger partial charge in [0.05, 0.1) is 17.0 Å². The number of carbonyl (C=O) groups excluding carboxylic acids is 1. The van der Waals surface area contributed by atoms with Crippen molar-refractivity contribution in [3.63, 3.8) is 0 Å². The van der Waals surface area contributed by atoms with E-state index in [9.17, 15) is 4.79 Å². The summed E-state index contributed by atoms with van der Waals surface area (Å²) in [5, 5.41) is 6.36. The first-order chi connectivity index (χ1) is 11.3. The summed E-state index contributed by atoms with van der Waals surface area (Å²) < 4.78 is 2.35. The second-order valence-electron chi connectivity index (χ2n) is 6.73. The molecule has 2 aromatic rings. The smallest absolute Gasteiger partial charge is 0.228 e. The molecule has 5 heteroatoms. The van der Waals surface area contributed by atoms with Crippen LogP contribution in [0.25, 0.3) is 11.0 Å². The molecule has 0 radical (unpaired) electrons. The predicted octanol–water partition coefficient (Wildman–Crippen LogP) is 2.70. The zero-order chi connectivity index (χ0) is 15.6. The number of hydrogen-bond donors (Lipinski definition) is 2. The van der Waals surface area contributed by atoms with E-state index in [1.807, 2.05) is 12.1 Å². The van der Waals surface area contributed by atoms with E-state index < -0.39 is 0 Å². The molecule has 4 rings (SSSR count). The highest BCUT2D eigenvalue weighted by Crippen LogP contribution is 2.25. The maximum Gasteiger partial charge on any atom is 0.228 e. The van der Waals surface area contributed by atoms with Crippen LogP contribution in [0.5, 0.6) is 0 Å². The first kappa shape index (κ1) is 14.7. The summed E-state index contributed by atoms with van der Waals surface area (Å²) in [6.45, 7) is 2.87. The molecule has 0 aliphatic carbocycles. The fourth-order valence-electron chi connectivity index (χ4n) is 3.75. The van der Waals surface area contributed by atoms with E-state index in [-0.39, 0.29) is 11.8 Å². The standard InChI is InChI=1S/C18H24N4O/c23-18(13-5-4-9-19-12-13)20-14-7-8-16-15(11-14)21-17-6-2-1-3-10-22(16)17/h7-8,11,13,19H,1-6,9-10,12H2,(H,20,23). The Balaban J connectivity index is 1.55. The molecule has 1 amide bonds. The summed E-state index contributed by atoms with van der Waals surface area (Å²) in [6, 6.07) is 6.13. The Bertz CT molecular complexity index is 715. The minimum absolute atomic E-state index is 0.0816. The lowest BCUT2D eigenvalue weighted by Gasteiger charge is -2.21. The second-order valence-corrected chi connectivity index (χ2v) is 6.73. The largest absolute Gasteiger partial charge is 0.328 e. The third kappa shape index (κ3) is 2.98. The molecule has 1 saturated heterocycles. The summed E-state index contributed by atoms with van der Waals surface area (Å²) in [4.78, 5) is 17.2. The van der Waals surface area contributed by atoms with Crippen LogP contribution in [0.3, 0.4) is 0 Å². The minimum atomic E-state index is 0.0816. The lowest BCUT2D eigenvalue weighted by Crippen LogP contribution is -2.37. The molecule has 2 aliphatic rings. The fraction of sp³-hybridized carbons (Fsp3) is 0.556. The number of carbonyl (C=O) groups is 1. The van der Waals surface area contributed by atoms with Crippen LogP contribution >= 0.6 is 0 Å². The summed E-state index contributed by atoms with van der Waals surface area (Å²) in [5.74, 6) is 1.40. The van der Waals surface area contributed by atoms with Crippen LogP contribution in [0.2, 0.25) is 0 Å². The van der Waals surface area contributed by atoms with Gasteiger partial charge < -0.3 is 15.2 Å². The monoisotopic (exact) mass is 312 g/mol. The number of aryl methyl sites for hydroxylation is 2. The van der Waals surface area contributed by atoms with Crippen LogP contribution in [-0.4, -0.2) is 28.5 Å². The molecular weight excluding hydrogens is 288 g/mol. The zero-order valence-electron chi connectivity index (χ0n) is 13.5. The zero-order valence-corrected chi connectivity index (χ0v) is 13.5. The fourth-order valence-corrected chi connectivity index (χ4v) is 3.75. The van der Waals surface area contributed by atoms with Crippen molar-refractivity contribution in [2.75, 3.05) is 18.4 Å². The Morgan fingerprint density at radius 1 is 1.26 bits per heavy atom. The molecule has 0 saturated carbocycles. The maximum atomic E-state index is 12.4. The lowest BCUT2D eigenvalue weighted by molar-refractivity contribution is -0.120. The number of amides is 1. The van der Waals surface area contributed by atoms with Gasteiger partial charge in [-0.3, -0.25) is 4.79 Å². The molecule has 2 aliphatic heterocycles. The number of imidazole rings is 1. The van der Waals surface area contributed by atoms with E-state index in [2.05, 4.69) is 21.3 Å². The van der Waals surface area contributed by atoms with Crippen LogP contribution in [-0.2, 0) is 17.8 Å². The topological polar surface area (TPSA) is 59.0 Å². The molecule has 1 fully saturated rings. The quantitative estimate of drug-likeness (QED) is 0.896. The van der Waals surface area contributed by atoms with Crippen LogP contribution < -0.4 is 10.6 Å². The van der Waals surface area contributed by atoms with Gasteiger partial charge in [0, 0.05) is 25.2 Å². The highest BCUT2D eigenvalue weighted by molar-refractivity contribution is 5.94. The average molecular weight is 312 g/mol. The normalized spacial score (nSPS) is 21.7. The van der Waals surface area contributed by atoms with Gasteiger partial charge in [0.15, 0.2) is 0 Å². The highest BCUT2D eigenvalue weighted by Gasteiger charge is 2.21. The molecule has 0 bridgehead atoms. The summed E-state index contributed by atoms with van der Waals surface area (Å²) in [7, 11) is 0. The van der Waals surface area contributed by atoms with Crippen LogP contribution in [0.15, 0.2) is 18.2 Å². The molecule has 23 heavy (non-hydrogen) atoms. The first-order valence-electron chi connectivity index (χ1n) is 8.82. The number of aromatic nitrogens is 2. The van der Waals surface area contributed by atoms with E-state index in [1.54, 1.807) is 0 Å². The Labute approximate surface area is 136 Å². The van der Waals surface area contributed by atoms with Crippen LogP contribution in [0.1, 0.15) is 37.9 Å². The first-order valence-corrected chi connectivity index (χ1v) is 8.82. The molecule has 0 spiro atoms. The Hall–Kier alpha value is -1.88. The van der Waals surface area contributed by atoms with E-state index in [1.165, 1.54) is 30.6 Å². The molecule has 5 nitrogen and oxygen atoms in total. The van der Waals surface area contributed by atoms with Gasteiger partial charge in [0.2, 0.25) is 5.91 Å². The Morgan fingerprint density at radius 2 is 2.22 bits per heavy atom. The second kappa shape index (κ2) is 6.32. The van der Waals surface area contributed by atoms with Crippen molar-refractivity contribution in [2.24, 2.45) is 5.92 Å². The number of benzene rings is 1. The van der Waals surface area contributed by atoms with Crippen LogP contribution in [0.4, 0.5) is 5.69 Å². The van der Waals surface area contributed by atoms with Gasteiger partial charge >= 0.3 is 0 Å². The van der Waals surface area contributed by atoms with Crippen molar-refractivity contribution < 1.29 is 4.79 Å². The number of rotatable bonds is 2. The third-order valence-electron chi connectivity index (χ3n) is 5.04. The molecule has 1 atom stereocenters. The highest BCUT2D eigenvalue weighted by atomic mass is 16.1. The minimum Gasteiger partial charge on any atom is -0.328 e. The number of piperidine rings is 1. The number of anilines is 1. The van der Waals surface area contributed by atoms with Crippen LogP contribution in [0, 0.1) is 5.92 Å². The third-order valence-corrected chi connectivity index (χ3v) is 5.04. The van der Waals surface area contributed by atoms with E-state index in [0.29, 0.717) is 0 Å². The van der Waals surface area contributed by atoms with Crippen molar-refractivity contribution in [2.45, 2.75) is 45.1 Å². The Morgan fingerprint density at radius 3 is 3.09 bits per heavy atom. The van der Waals surface area contributed by atoms with Crippen molar-refractivity contribution in [1.29, 1.82) is 0 Å². The van der Waals surface area contributed by atoms with Gasteiger partial charge in [0.1, 0.15) is 5.82 Å². The molecule has 2 N–H and O–H groups in total. The molecular formula is C18H24N4O. The van der Waals surface area contributed by atoms with Gasteiger partial charge in [-0.2, -0.15) is 0 Å². The molecule has 1 unspecified atom stereocenters. The van der Waals surface area contributed by atoms with Gasteiger partial charge in [-0.05, 0) is 50.4 Å². The number of hydrogen-bond acceptors (Lipinski definition) is 3. The number of nitrogens with zero attached hydrogens (tertiary/aromatic N) is 2. The molecule has 1 aromatic carbocycles. The Kier molecular flexibility index (Phi) is 4.04. The number of nitrogens with one attached hydrogen (secondary N) is 2. The summed E-state index contributed by atoms with van der Waals surface area (Å²) in [6.07, 6.45) is 6.84.